The number of guanidine groups is 1. The maximum absolute atomic E-state index is 6.16. The molecule has 5 nitrogen and oxygen atoms in total. The van der Waals surface area contributed by atoms with E-state index in [-0.39, 0.29) is 0 Å². The average Bonchev–Trinajstić information content (AvgIpc) is 3.52. The van der Waals surface area contributed by atoms with Crippen LogP contribution in [0.3, 0.4) is 0 Å². The van der Waals surface area contributed by atoms with Gasteiger partial charge in [0.15, 0.2) is 5.96 Å². The highest BCUT2D eigenvalue weighted by atomic mass is 16.5. The van der Waals surface area contributed by atoms with Crippen molar-refractivity contribution in [3.8, 4) is 0 Å². The number of nitrogens with one attached hydrogen (secondary N) is 1. The zero-order valence-electron chi connectivity index (χ0n) is 17.2. The van der Waals surface area contributed by atoms with Gasteiger partial charge in [-0.25, -0.2) is 0 Å². The molecule has 2 aliphatic carbocycles. The summed E-state index contributed by atoms with van der Waals surface area (Å²) in [5, 5.41) is 3.77. The van der Waals surface area contributed by atoms with Crippen LogP contribution in [-0.2, 0) is 9.47 Å². The Kier molecular flexibility index (Phi) is 6.93. The van der Waals surface area contributed by atoms with Gasteiger partial charge in [0.1, 0.15) is 0 Å². The van der Waals surface area contributed by atoms with Crippen LogP contribution in [0.1, 0.15) is 70.6 Å². The first-order valence-corrected chi connectivity index (χ1v) is 11.5. The van der Waals surface area contributed by atoms with E-state index < -0.39 is 0 Å². The number of hydrogen-bond donors (Lipinski definition) is 1. The molecule has 0 radical (unpaired) electrons. The molecule has 2 heterocycles. The summed E-state index contributed by atoms with van der Waals surface area (Å²) in [6.07, 6.45) is 15.2. The summed E-state index contributed by atoms with van der Waals surface area (Å²) in [7, 11) is 1.93. The zero-order chi connectivity index (χ0) is 18.5. The third kappa shape index (κ3) is 5.38. The molecular formula is C22H39N3O2. The fourth-order valence-corrected chi connectivity index (χ4v) is 5.34. The number of piperidine rings is 1. The van der Waals surface area contributed by atoms with E-state index in [0.29, 0.717) is 18.2 Å². The first-order valence-electron chi connectivity index (χ1n) is 11.5. The number of likely N-dealkylation sites (tertiary alicyclic amines) is 1. The molecule has 5 heteroatoms. The van der Waals surface area contributed by atoms with Gasteiger partial charge in [0.05, 0.1) is 18.8 Å². The van der Waals surface area contributed by atoms with Gasteiger partial charge in [-0.15, -0.1) is 0 Å². The molecule has 0 aromatic heterocycles. The summed E-state index contributed by atoms with van der Waals surface area (Å²) >= 11 is 0. The van der Waals surface area contributed by atoms with Gasteiger partial charge in [0.25, 0.3) is 0 Å². The number of rotatable bonds is 5. The van der Waals surface area contributed by atoms with Crippen molar-refractivity contribution >= 4 is 5.96 Å². The van der Waals surface area contributed by atoms with Crippen LogP contribution < -0.4 is 5.32 Å². The summed E-state index contributed by atoms with van der Waals surface area (Å²) in [6, 6.07) is 0.671. The lowest BCUT2D eigenvalue weighted by Crippen LogP contribution is -2.48. The Bertz CT molecular complexity index is 478. The van der Waals surface area contributed by atoms with Crippen LogP contribution in [0, 0.1) is 11.8 Å². The van der Waals surface area contributed by atoms with Crippen LogP contribution in [0.5, 0.6) is 0 Å². The zero-order valence-corrected chi connectivity index (χ0v) is 17.2. The van der Waals surface area contributed by atoms with Crippen molar-refractivity contribution < 1.29 is 9.47 Å². The quantitative estimate of drug-likeness (QED) is 0.588. The lowest BCUT2D eigenvalue weighted by molar-refractivity contribution is -0.0721. The van der Waals surface area contributed by atoms with Gasteiger partial charge in [-0.05, 0) is 50.4 Å². The molecule has 2 saturated carbocycles. The van der Waals surface area contributed by atoms with Crippen molar-refractivity contribution in [3.63, 3.8) is 0 Å². The average molecular weight is 378 g/mol. The molecule has 3 unspecified atom stereocenters. The lowest BCUT2D eigenvalue weighted by atomic mass is 9.85. The summed E-state index contributed by atoms with van der Waals surface area (Å²) in [5.41, 5.74) is 0. The van der Waals surface area contributed by atoms with Crippen LogP contribution >= 0.6 is 0 Å². The molecule has 0 spiro atoms. The van der Waals surface area contributed by atoms with Gasteiger partial charge in [-0.2, -0.15) is 0 Å². The van der Waals surface area contributed by atoms with Gasteiger partial charge in [-0.3, -0.25) is 4.99 Å². The fraction of sp³-hybridized carbons (Fsp3) is 0.955. The first kappa shape index (κ1) is 19.5. The Morgan fingerprint density at radius 1 is 1.04 bits per heavy atom. The van der Waals surface area contributed by atoms with E-state index in [0.717, 1.165) is 56.9 Å². The largest absolute Gasteiger partial charge is 0.376 e. The maximum Gasteiger partial charge on any atom is 0.193 e. The van der Waals surface area contributed by atoms with E-state index in [2.05, 4.69) is 15.2 Å². The maximum atomic E-state index is 6.16. The highest BCUT2D eigenvalue weighted by molar-refractivity contribution is 5.80. The molecule has 2 saturated heterocycles. The fourth-order valence-electron chi connectivity index (χ4n) is 5.34. The Morgan fingerprint density at radius 2 is 1.81 bits per heavy atom. The molecule has 4 rings (SSSR count). The summed E-state index contributed by atoms with van der Waals surface area (Å²) in [6.45, 7) is 3.80. The van der Waals surface area contributed by atoms with Crippen LogP contribution in [0.4, 0.5) is 0 Å². The molecule has 27 heavy (non-hydrogen) atoms. The van der Waals surface area contributed by atoms with Crippen molar-refractivity contribution in [2.45, 2.75) is 88.9 Å². The molecule has 0 aromatic rings. The van der Waals surface area contributed by atoms with Crippen LogP contribution in [-0.4, -0.2) is 62.5 Å². The molecule has 4 fully saturated rings. The van der Waals surface area contributed by atoms with E-state index in [1.807, 2.05) is 7.05 Å². The second-order valence-corrected chi connectivity index (χ2v) is 9.10. The predicted octanol–water partition coefficient (Wildman–Crippen LogP) is 3.58. The molecule has 3 atom stereocenters. The highest BCUT2D eigenvalue weighted by Crippen LogP contribution is 2.44. The number of aliphatic imine (C=N–C) groups is 1. The van der Waals surface area contributed by atoms with Crippen molar-refractivity contribution in [3.05, 3.63) is 0 Å². The molecule has 4 aliphatic rings. The Labute approximate surface area is 165 Å². The van der Waals surface area contributed by atoms with E-state index in [4.69, 9.17) is 9.47 Å². The van der Waals surface area contributed by atoms with Crippen molar-refractivity contribution in [1.82, 2.24) is 10.2 Å². The second kappa shape index (κ2) is 9.60. The molecule has 1 N–H and O–H groups in total. The Hall–Kier alpha value is -0.810. The molecule has 0 bridgehead atoms. The molecule has 2 aliphatic heterocycles. The predicted molar refractivity (Wildman–Crippen MR) is 109 cm³/mol. The van der Waals surface area contributed by atoms with E-state index in [1.165, 1.54) is 57.8 Å². The van der Waals surface area contributed by atoms with Crippen molar-refractivity contribution in [2.75, 3.05) is 33.4 Å². The van der Waals surface area contributed by atoms with Crippen LogP contribution in [0.2, 0.25) is 0 Å². The SMILES string of the molecule is CN=C(NC1CC1C1CCCCC1)N1CCC(OCC2CCCCO2)CC1. The topological polar surface area (TPSA) is 46.1 Å². The Balaban J connectivity index is 1.16. The molecule has 0 amide bonds. The minimum Gasteiger partial charge on any atom is -0.376 e. The second-order valence-electron chi connectivity index (χ2n) is 9.10. The highest BCUT2D eigenvalue weighted by Gasteiger charge is 2.44. The number of ether oxygens (including phenoxy) is 2. The Morgan fingerprint density at radius 3 is 2.52 bits per heavy atom. The molecule has 154 valence electrons. The minimum atomic E-state index is 0.331. The van der Waals surface area contributed by atoms with E-state index in [9.17, 15) is 0 Å². The van der Waals surface area contributed by atoms with Gasteiger partial charge in [0.2, 0.25) is 0 Å². The molecule has 0 aromatic carbocycles. The van der Waals surface area contributed by atoms with Crippen LogP contribution in [0.15, 0.2) is 4.99 Å². The number of hydrogen-bond acceptors (Lipinski definition) is 3. The summed E-state index contributed by atoms with van der Waals surface area (Å²) in [4.78, 5) is 7.02. The minimum absolute atomic E-state index is 0.331. The van der Waals surface area contributed by atoms with E-state index in [1.54, 1.807) is 0 Å². The van der Waals surface area contributed by atoms with Crippen molar-refractivity contribution in [1.29, 1.82) is 0 Å². The third-order valence-corrected chi connectivity index (χ3v) is 7.15. The van der Waals surface area contributed by atoms with Crippen LogP contribution in [0.25, 0.3) is 0 Å². The van der Waals surface area contributed by atoms with Gasteiger partial charge in [-0.1, -0.05) is 32.1 Å². The standard InChI is InChI=1S/C22H39N3O2/c1-23-22(24-21-15-20(21)17-7-3-2-4-8-17)25-12-10-18(11-13-25)27-16-19-9-5-6-14-26-19/h17-21H,2-16H2,1H3,(H,23,24). The third-order valence-electron chi connectivity index (χ3n) is 7.15. The van der Waals surface area contributed by atoms with Gasteiger partial charge in [0, 0.05) is 32.8 Å². The van der Waals surface area contributed by atoms with Gasteiger partial charge >= 0.3 is 0 Å². The summed E-state index contributed by atoms with van der Waals surface area (Å²) < 4.78 is 12.0. The first-order chi connectivity index (χ1) is 13.3. The smallest absolute Gasteiger partial charge is 0.193 e. The molecular weight excluding hydrogens is 338 g/mol. The van der Waals surface area contributed by atoms with Crippen molar-refractivity contribution in [2.24, 2.45) is 16.8 Å². The lowest BCUT2D eigenvalue weighted by Gasteiger charge is -2.35. The van der Waals surface area contributed by atoms with Gasteiger partial charge < -0.3 is 19.7 Å². The summed E-state index contributed by atoms with van der Waals surface area (Å²) in [5.74, 6) is 2.99. The van der Waals surface area contributed by atoms with E-state index >= 15 is 0 Å². The monoisotopic (exact) mass is 377 g/mol. The normalized spacial score (nSPS) is 33.9. The number of nitrogens with zero attached hydrogens (tertiary/aromatic N) is 2.